The maximum Gasteiger partial charge on any atom is 0.347 e. The Hall–Kier alpha value is -1.68. The van der Waals surface area contributed by atoms with Crippen molar-refractivity contribution in [2.24, 2.45) is 0 Å². The molecule has 1 aromatic heterocycles. The first-order chi connectivity index (χ1) is 7.58. The van der Waals surface area contributed by atoms with Crippen LogP contribution in [0.1, 0.15) is 20.8 Å². The molecule has 0 aliphatic rings. The van der Waals surface area contributed by atoms with Gasteiger partial charge in [-0.3, -0.25) is 0 Å². The fraction of sp³-hybridized carbons (Fsp3) is 0.167. The van der Waals surface area contributed by atoms with Crippen LogP contribution < -0.4 is 0 Å². The Bertz CT molecular complexity index is 546. The summed E-state index contributed by atoms with van der Waals surface area (Å²) in [7, 11) is 0. The van der Waals surface area contributed by atoms with Crippen LogP contribution in [-0.2, 0) is 0 Å². The molecule has 0 spiro atoms. The number of hydrogen-bond acceptors (Lipinski definition) is 3. The molecule has 1 heterocycles. The minimum absolute atomic E-state index is 0.274. The third-order valence-corrected chi connectivity index (χ3v) is 3.36. The van der Waals surface area contributed by atoms with Gasteiger partial charge in [-0.15, -0.1) is 11.3 Å². The second-order valence-corrected chi connectivity index (χ2v) is 4.68. The quantitative estimate of drug-likeness (QED) is 0.867. The van der Waals surface area contributed by atoms with Gasteiger partial charge in [0.2, 0.25) is 0 Å². The Morgan fingerprint density at radius 3 is 2.75 bits per heavy atom. The second kappa shape index (κ2) is 4.06. The molecule has 2 rings (SSSR count). The molecule has 0 saturated heterocycles. The summed E-state index contributed by atoms with van der Waals surface area (Å²) in [4.78, 5) is 15.2. The van der Waals surface area contributed by atoms with E-state index in [1.54, 1.807) is 0 Å². The van der Waals surface area contributed by atoms with Gasteiger partial charge in [-0.05, 0) is 25.5 Å². The smallest absolute Gasteiger partial charge is 0.347 e. The molecule has 2 aromatic rings. The van der Waals surface area contributed by atoms with Gasteiger partial charge >= 0.3 is 5.97 Å². The first-order valence-corrected chi connectivity index (χ1v) is 5.66. The molecule has 82 valence electrons. The van der Waals surface area contributed by atoms with Gasteiger partial charge < -0.3 is 5.11 Å². The predicted molar refractivity (Wildman–Crippen MR) is 64.0 cm³/mol. The number of carbonyl (C=O) groups is 1. The first-order valence-electron chi connectivity index (χ1n) is 4.84. The van der Waals surface area contributed by atoms with E-state index < -0.39 is 5.97 Å². The minimum Gasteiger partial charge on any atom is -0.477 e. The number of nitrogens with zero attached hydrogens (tertiary/aromatic N) is 1. The van der Waals surface area contributed by atoms with Gasteiger partial charge in [0.25, 0.3) is 0 Å². The Morgan fingerprint density at radius 2 is 2.12 bits per heavy atom. The van der Waals surface area contributed by atoms with Crippen LogP contribution in [0.15, 0.2) is 24.4 Å². The van der Waals surface area contributed by atoms with Gasteiger partial charge in [-0.1, -0.05) is 17.7 Å². The number of rotatable bonds is 2. The molecule has 0 radical (unpaired) electrons. The molecule has 0 aliphatic carbocycles. The van der Waals surface area contributed by atoms with Crippen molar-refractivity contribution in [3.05, 3.63) is 40.4 Å². The molecule has 1 aromatic carbocycles. The zero-order chi connectivity index (χ0) is 11.7. The maximum atomic E-state index is 10.8. The van der Waals surface area contributed by atoms with Crippen LogP contribution in [0.3, 0.4) is 0 Å². The number of aryl methyl sites for hydroxylation is 2. The van der Waals surface area contributed by atoms with E-state index in [9.17, 15) is 4.79 Å². The monoisotopic (exact) mass is 233 g/mol. The summed E-state index contributed by atoms with van der Waals surface area (Å²) < 4.78 is 0. The zero-order valence-corrected chi connectivity index (χ0v) is 9.84. The van der Waals surface area contributed by atoms with Gasteiger partial charge in [0.05, 0.1) is 6.20 Å². The average molecular weight is 233 g/mol. The molecule has 0 unspecified atom stereocenters. The van der Waals surface area contributed by atoms with Crippen molar-refractivity contribution in [3.8, 4) is 10.6 Å². The van der Waals surface area contributed by atoms with Crippen LogP contribution in [0.5, 0.6) is 0 Å². The first kappa shape index (κ1) is 10.8. The number of carboxylic acid groups (broad SMARTS) is 1. The van der Waals surface area contributed by atoms with E-state index in [0.717, 1.165) is 21.7 Å². The van der Waals surface area contributed by atoms with Gasteiger partial charge in [0.15, 0.2) is 0 Å². The van der Waals surface area contributed by atoms with Gasteiger partial charge in [-0.2, -0.15) is 0 Å². The largest absolute Gasteiger partial charge is 0.477 e. The van der Waals surface area contributed by atoms with Crippen molar-refractivity contribution >= 4 is 17.3 Å². The van der Waals surface area contributed by atoms with E-state index in [1.165, 1.54) is 17.5 Å². The zero-order valence-electron chi connectivity index (χ0n) is 9.02. The molecule has 3 nitrogen and oxygen atoms in total. The van der Waals surface area contributed by atoms with Crippen molar-refractivity contribution in [1.29, 1.82) is 0 Å². The lowest BCUT2D eigenvalue weighted by Crippen LogP contribution is -1.89. The van der Waals surface area contributed by atoms with E-state index in [2.05, 4.69) is 4.98 Å². The second-order valence-electron chi connectivity index (χ2n) is 3.65. The lowest BCUT2D eigenvalue weighted by Gasteiger charge is -2.02. The summed E-state index contributed by atoms with van der Waals surface area (Å²) >= 11 is 1.21. The SMILES string of the molecule is Cc1ccc(C)c(-c2ncc(C(=O)O)s2)c1. The molecule has 0 fully saturated rings. The summed E-state index contributed by atoms with van der Waals surface area (Å²) in [6.45, 7) is 4.01. The normalized spacial score (nSPS) is 10.4. The average Bonchev–Trinajstić information content (AvgIpc) is 2.70. The Morgan fingerprint density at radius 1 is 1.38 bits per heavy atom. The van der Waals surface area contributed by atoms with Crippen LogP contribution in [0.25, 0.3) is 10.6 Å². The highest BCUT2D eigenvalue weighted by Crippen LogP contribution is 2.28. The lowest BCUT2D eigenvalue weighted by molar-refractivity contribution is 0.0702. The summed E-state index contributed by atoms with van der Waals surface area (Å²) in [5.74, 6) is -0.922. The fourth-order valence-corrected chi connectivity index (χ4v) is 2.30. The van der Waals surface area contributed by atoms with Gasteiger partial charge in [0, 0.05) is 5.56 Å². The summed E-state index contributed by atoms with van der Waals surface area (Å²) in [5.41, 5.74) is 3.27. The topological polar surface area (TPSA) is 50.2 Å². The number of aromatic nitrogens is 1. The third-order valence-electron chi connectivity index (χ3n) is 2.34. The molecule has 0 saturated carbocycles. The van der Waals surface area contributed by atoms with E-state index in [-0.39, 0.29) is 4.88 Å². The number of benzene rings is 1. The summed E-state index contributed by atoms with van der Waals surface area (Å²) in [6, 6.07) is 6.08. The Balaban J connectivity index is 2.50. The van der Waals surface area contributed by atoms with E-state index in [1.807, 2.05) is 32.0 Å². The highest BCUT2D eigenvalue weighted by Gasteiger charge is 2.11. The van der Waals surface area contributed by atoms with Crippen molar-refractivity contribution in [1.82, 2.24) is 4.98 Å². The van der Waals surface area contributed by atoms with Crippen LogP contribution in [0.2, 0.25) is 0 Å². The van der Waals surface area contributed by atoms with Gasteiger partial charge in [-0.25, -0.2) is 9.78 Å². The molecule has 4 heteroatoms. The molecule has 0 bridgehead atoms. The molecule has 16 heavy (non-hydrogen) atoms. The van der Waals surface area contributed by atoms with Crippen molar-refractivity contribution in [2.45, 2.75) is 13.8 Å². The van der Waals surface area contributed by atoms with Crippen molar-refractivity contribution in [2.75, 3.05) is 0 Å². The van der Waals surface area contributed by atoms with Crippen molar-refractivity contribution < 1.29 is 9.90 Å². The third kappa shape index (κ3) is 1.97. The molecule has 0 atom stereocenters. The van der Waals surface area contributed by atoms with Crippen LogP contribution in [-0.4, -0.2) is 16.1 Å². The maximum absolute atomic E-state index is 10.8. The predicted octanol–water partition coefficient (Wildman–Crippen LogP) is 3.13. The van der Waals surface area contributed by atoms with E-state index >= 15 is 0 Å². The number of carboxylic acids is 1. The van der Waals surface area contributed by atoms with Crippen LogP contribution >= 0.6 is 11.3 Å². The Labute approximate surface area is 97.4 Å². The highest BCUT2D eigenvalue weighted by molar-refractivity contribution is 7.16. The number of aromatic carboxylic acids is 1. The molecular weight excluding hydrogens is 222 g/mol. The van der Waals surface area contributed by atoms with E-state index in [4.69, 9.17) is 5.11 Å². The van der Waals surface area contributed by atoms with Crippen molar-refractivity contribution in [3.63, 3.8) is 0 Å². The van der Waals surface area contributed by atoms with Gasteiger partial charge in [0.1, 0.15) is 9.88 Å². The standard InChI is InChI=1S/C12H11NO2S/c1-7-3-4-8(2)9(5-7)11-13-6-10(16-11)12(14)15/h3-6H,1-2H3,(H,14,15). The summed E-state index contributed by atoms with van der Waals surface area (Å²) in [5, 5.41) is 9.60. The fourth-order valence-electron chi connectivity index (χ4n) is 1.46. The van der Waals surface area contributed by atoms with Crippen LogP contribution in [0.4, 0.5) is 0 Å². The molecule has 1 N–H and O–H groups in total. The lowest BCUT2D eigenvalue weighted by atomic mass is 10.1. The summed E-state index contributed by atoms with van der Waals surface area (Å²) in [6.07, 6.45) is 1.41. The highest BCUT2D eigenvalue weighted by atomic mass is 32.1. The number of hydrogen-bond donors (Lipinski definition) is 1. The Kier molecular flexibility index (Phi) is 2.75. The molecule has 0 amide bonds. The number of thiazole rings is 1. The van der Waals surface area contributed by atoms with Crippen LogP contribution in [0, 0.1) is 13.8 Å². The molecular formula is C12H11NO2S. The minimum atomic E-state index is -0.922. The van der Waals surface area contributed by atoms with E-state index in [0.29, 0.717) is 0 Å². The molecule has 0 aliphatic heterocycles.